The average Bonchev–Trinajstić information content (AvgIpc) is 2.84. The Kier molecular flexibility index (Phi) is 6.81. The van der Waals surface area contributed by atoms with Gasteiger partial charge in [0, 0.05) is 19.6 Å². The van der Waals surface area contributed by atoms with Crippen LogP contribution in [-0.2, 0) is 16.4 Å². The Hall–Kier alpha value is -0.910. The van der Waals surface area contributed by atoms with E-state index in [0.29, 0.717) is 37.3 Å². The number of halogens is 1. The van der Waals surface area contributed by atoms with Crippen LogP contribution in [-0.4, -0.2) is 59.6 Å². The molecule has 2 rings (SSSR count). The van der Waals surface area contributed by atoms with Gasteiger partial charge in [-0.05, 0) is 27.7 Å². The quantitative estimate of drug-likeness (QED) is 0.410. The highest BCUT2D eigenvalue weighted by molar-refractivity contribution is 14.0. The van der Waals surface area contributed by atoms with E-state index in [9.17, 15) is 8.42 Å². The highest BCUT2D eigenvalue weighted by Crippen LogP contribution is 2.23. The number of guanidine groups is 1. The SMILES string of the molecule is CCNC(=NCc1nc(C)no1)N1CCS(=O)(=O)C(C)(C)C1.I. The number of hydrogen-bond donors (Lipinski definition) is 1. The molecule has 23 heavy (non-hydrogen) atoms. The summed E-state index contributed by atoms with van der Waals surface area (Å²) in [5.41, 5.74) is 0. The molecule has 0 aliphatic carbocycles. The lowest BCUT2D eigenvalue weighted by Crippen LogP contribution is -2.57. The molecule has 132 valence electrons. The first-order valence-corrected chi connectivity index (χ1v) is 8.95. The van der Waals surface area contributed by atoms with E-state index in [4.69, 9.17) is 4.52 Å². The van der Waals surface area contributed by atoms with Crippen LogP contribution in [0.5, 0.6) is 0 Å². The van der Waals surface area contributed by atoms with E-state index in [-0.39, 0.29) is 36.3 Å². The highest BCUT2D eigenvalue weighted by atomic mass is 127. The fraction of sp³-hybridized carbons (Fsp3) is 0.769. The maximum atomic E-state index is 12.1. The number of sulfone groups is 1. The molecule has 1 aliphatic heterocycles. The minimum Gasteiger partial charge on any atom is -0.357 e. The predicted octanol–water partition coefficient (Wildman–Crippen LogP) is 0.971. The van der Waals surface area contributed by atoms with E-state index < -0.39 is 14.6 Å². The van der Waals surface area contributed by atoms with Gasteiger partial charge in [-0.1, -0.05) is 5.16 Å². The van der Waals surface area contributed by atoms with E-state index in [1.807, 2.05) is 11.8 Å². The van der Waals surface area contributed by atoms with Crippen LogP contribution in [0.2, 0.25) is 0 Å². The highest BCUT2D eigenvalue weighted by Gasteiger charge is 2.40. The third-order valence-electron chi connectivity index (χ3n) is 3.61. The number of aliphatic imine (C=N–C) groups is 1. The van der Waals surface area contributed by atoms with Crippen LogP contribution < -0.4 is 5.32 Å². The normalized spacial score (nSPS) is 20.0. The Labute approximate surface area is 154 Å². The zero-order valence-electron chi connectivity index (χ0n) is 13.9. The predicted molar refractivity (Wildman–Crippen MR) is 98.7 cm³/mol. The van der Waals surface area contributed by atoms with Crippen molar-refractivity contribution >= 4 is 39.8 Å². The van der Waals surface area contributed by atoms with Crippen LogP contribution in [0.3, 0.4) is 0 Å². The molecule has 1 N–H and O–H groups in total. The molecular weight excluding hydrogens is 433 g/mol. The standard InChI is InChI=1S/C13H23N5O3S.HI/c1-5-14-12(15-8-11-16-10(2)17-21-11)18-6-7-22(19,20)13(3,4)9-18;/h5-9H2,1-4H3,(H,14,15);1H. The number of rotatable bonds is 3. The summed E-state index contributed by atoms with van der Waals surface area (Å²) >= 11 is 0. The topological polar surface area (TPSA) is 101 Å². The molecule has 1 saturated heterocycles. The molecule has 2 heterocycles. The van der Waals surface area contributed by atoms with E-state index in [1.165, 1.54) is 0 Å². The second kappa shape index (κ2) is 7.77. The third-order valence-corrected chi connectivity index (χ3v) is 6.14. The smallest absolute Gasteiger partial charge is 0.248 e. The van der Waals surface area contributed by atoms with Crippen LogP contribution in [0.1, 0.15) is 32.5 Å². The molecule has 0 spiro atoms. The third kappa shape index (κ3) is 4.78. The Morgan fingerprint density at radius 2 is 2.17 bits per heavy atom. The van der Waals surface area contributed by atoms with Gasteiger partial charge in [-0.25, -0.2) is 13.4 Å². The van der Waals surface area contributed by atoms with Gasteiger partial charge in [0.05, 0.1) is 10.5 Å². The first-order chi connectivity index (χ1) is 10.2. The second-order valence-electron chi connectivity index (χ2n) is 5.91. The fourth-order valence-corrected chi connectivity index (χ4v) is 3.66. The Balaban J connectivity index is 0.00000264. The lowest BCUT2D eigenvalue weighted by molar-refractivity contribution is 0.349. The van der Waals surface area contributed by atoms with Crippen LogP contribution in [0, 0.1) is 6.92 Å². The van der Waals surface area contributed by atoms with Crippen LogP contribution >= 0.6 is 24.0 Å². The van der Waals surface area contributed by atoms with Gasteiger partial charge in [-0.3, -0.25) is 0 Å². The Morgan fingerprint density at radius 3 is 2.70 bits per heavy atom. The minimum absolute atomic E-state index is 0. The first kappa shape index (κ1) is 20.1. The van der Waals surface area contributed by atoms with Gasteiger partial charge in [0.25, 0.3) is 0 Å². The number of nitrogens with one attached hydrogen (secondary N) is 1. The molecule has 1 fully saturated rings. The van der Waals surface area contributed by atoms with Crippen LogP contribution in [0.4, 0.5) is 0 Å². The summed E-state index contributed by atoms with van der Waals surface area (Å²) in [5, 5.41) is 6.91. The molecule has 1 aliphatic rings. The minimum atomic E-state index is -3.07. The zero-order valence-corrected chi connectivity index (χ0v) is 17.0. The van der Waals surface area contributed by atoms with Gasteiger partial charge in [-0.2, -0.15) is 4.98 Å². The van der Waals surface area contributed by atoms with Crippen molar-refractivity contribution in [1.29, 1.82) is 0 Å². The molecular formula is C13H24IN5O3S. The summed E-state index contributed by atoms with van der Waals surface area (Å²) in [5.74, 6) is 1.81. The number of aromatic nitrogens is 2. The van der Waals surface area contributed by atoms with Gasteiger partial charge in [0.1, 0.15) is 6.54 Å². The summed E-state index contributed by atoms with van der Waals surface area (Å²) in [6.07, 6.45) is 0. The molecule has 0 amide bonds. The molecule has 0 bridgehead atoms. The number of hydrogen-bond acceptors (Lipinski definition) is 6. The summed E-state index contributed by atoms with van der Waals surface area (Å²) in [6.45, 7) is 9.03. The second-order valence-corrected chi connectivity index (χ2v) is 8.65. The van der Waals surface area contributed by atoms with E-state index in [1.54, 1.807) is 20.8 Å². The first-order valence-electron chi connectivity index (χ1n) is 7.30. The molecule has 1 aromatic rings. The van der Waals surface area contributed by atoms with Gasteiger partial charge in [0.15, 0.2) is 21.6 Å². The van der Waals surface area contributed by atoms with Crippen molar-refractivity contribution in [3.05, 3.63) is 11.7 Å². The van der Waals surface area contributed by atoms with Crippen molar-refractivity contribution in [2.45, 2.75) is 39.0 Å². The van der Waals surface area contributed by atoms with Crippen molar-refractivity contribution < 1.29 is 12.9 Å². The van der Waals surface area contributed by atoms with Crippen molar-refractivity contribution in [3.8, 4) is 0 Å². The number of nitrogens with zero attached hydrogens (tertiary/aromatic N) is 4. The maximum absolute atomic E-state index is 12.1. The largest absolute Gasteiger partial charge is 0.357 e. The van der Waals surface area contributed by atoms with Crippen molar-refractivity contribution in [2.24, 2.45) is 4.99 Å². The summed E-state index contributed by atoms with van der Waals surface area (Å²) in [4.78, 5) is 10.6. The fourth-order valence-electron chi connectivity index (χ4n) is 2.30. The molecule has 8 nitrogen and oxygen atoms in total. The van der Waals surface area contributed by atoms with Crippen LogP contribution in [0.15, 0.2) is 9.52 Å². The monoisotopic (exact) mass is 457 g/mol. The van der Waals surface area contributed by atoms with E-state index in [2.05, 4.69) is 20.4 Å². The average molecular weight is 457 g/mol. The van der Waals surface area contributed by atoms with E-state index >= 15 is 0 Å². The van der Waals surface area contributed by atoms with Crippen molar-refractivity contribution in [1.82, 2.24) is 20.4 Å². The van der Waals surface area contributed by atoms with Gasteiger partial charge < -0.3 is 14.7 Å². The van der Waals surface area contributed by atoms with Crippen molar-refractivity contribution in [2.75, 3.05) is 25.4 Å². The molecule has 0 saturated carbocycles. The van der Waals surface area contributed by atoms with Gasteiger partial charge in [0.2, 0.25) is 5.89 Å². The van der Waals surface area contributed by atoms with Gasteiger partial charge >= 0.3 is 0 Å². The summed E-state index contributed by atoms with van der Waals surface area (Å²) in [7, 11) is -3.07. The molecule has 0 radical (unpaired) electrons. The van der Waals surface area contributed by atoms with E-state index in [0.717, 1.165) is 0 Å². The molecule has 10 heteroatoms. The molecule has 1 aromatic heterocycles. The molecule has 0 atom stereocenters. The lowest BCUT2D eigenvalue weighted by Gasteiger charge is -2.39. The number of aryl methyl sites for hydroxylation is 1. The molecule has 0 aromatic carbocycles. The van der Waals surface area contributed by atoms with Crippen molar-refractivity contribution in [3.63, 3.8) is 0 Å². The lowest BCUT2D eigenvalue weighted by atomic mass is 10.2. The maximum Gasteiger partial charge on any atom is 0.248 e. The van der Waals surface area contributed by atoms with Crippen LogP contribution in [0.25, 0.3) is 0 Å². The summed E-state index contributed by atoms with van der Waals surface area (Å²) < 4.78 is 28.4. The Bertz CT molecular complexity index is 656. The summed E-state index contributed by atoms with van der Waals surface area (Å²) in [6, 6.07) is 0. The molecule has 0 unspecified atom stereocenters. The Morgan fingerprint density at radius 1 is 1.48 bits per heavy atom. The van der Waals surface area contributed by atoms with Gasteiger partial charge in [-0.15, -0.1) is 24.0 Å². The zero-order chi connectivity index (χ0) is 16.4.